The lowest BCUT2D eigenvalue weighted by Crippen LogP contribution is -2.34. The van der Waals surface area contributed by atoms with E-state index in [1.54, 1.807) is 0 Å². The first-order valence-corrected chi connectivity index (χ1v) is 8.83. The molecule has 3 heterocycles. The van der Waals surface area contributed by atoms with Gasteiger partial charge in [0.1, 0.15) is 5.52 Å². The number of oxazole rings is 1. The lowest BCUT2D eigenvalue weighted by molar-refractivity contribution is 0.217. The molecule has 1 aromatic carbocycles. The maximum Gasteiger partial charge on any atom is 0.321 e. The monoisotopic (exact) mass is 328 g/mol. The number of nitrogens with zero attached hydrogens (tertiary/aromatic N) is 3. The van der Waals surface area contributed by atoms with Gasteiger partial charge in [0.2, 0.25) is 0 Å². The van der Waals surface area contributed by atoms with Gasteiger partial charge < -0.3 is 19.5 Å². The summed E-state index contributed by atoms with van der Waals surface area (Å²) in [4.78, 5) is 21.3. The highest BCUT2D eigenvalue weighted by molar-refractivity contribution is 5.91. The van der Waals surface area contributed by atoms with E-state index in [4.69, 9.17) is 4.42 Å². The van der Waals surface area contributed by atoms with Crippen LogP contribution in [0.4, 0.5) is 10.5 Å². The lowest BCUT2D eigenvalue weighted by Gasteiger charge is -2.21. The number of hydrogen-bond acceptors (Lipinski definition) is 4. The number of amides is 2. The Kier molecular flexibility index (Phi) is 4.14. The number of rotatable bonds is 3. The molecule has 0 radical (unpaired) electrons. The van der Waals surface area contributed by atoms with Crippen molar-refractivity contribution in [1.29, 1.82) is 0 Å². The number of urea groups is 1. The van der Waals surface area contributed by atoms with Crippen LogP contribution in [0.2, 0.25) is 0 Å². The molecule has 4 rings (SSSR count). The number of aromatic nitrogens is 1. The van der Waals surface area contributed by atoms with Crippen molar-refractivity contribution in [2.24, 2.45) is 5.92 Å². The number of aryl methyl sites for hydroxylation is 1. The minimum absolute atomic E-state index is 0.0153. The van der Waals surface area contributed by atoms with Gasteiger partial charge >= 0.3 is 6.03 Å². The summed E-state index contributed by atoms with van der Waals surface area (Å²) in [6.07, 6.45) is 3.74. The SMILES string of the molecule is Cc1nc2cc(NC(=O)N3CCC(CN4CCCC4)C3)ccc2o1. The van der Waals surface area contributed by atoms with E-state index >= 15 is 0 Å². The number of anilines is 1. The molecule has 2 fully saturated rings. The van der Waals surface area contributed by atoms with Crippen LogP contribution in [0.1, 0.15) is 25.2 Å². The average Bonchev–Trinajstić information content (AvgIpc) is 3.27. The second kappa shape index (κ2) is 6.43. The molecule has 1 unspecified atom stereocenters. The van der Waals surface area contributed by atoms with Gasteiger partial charge in [0.15, 0.2) is 11.5 Å². The molecule has 6 nitrogen and oxygen atoms in total. The van der Waals surface area contributed by atoms with Crippen LogP contribution in [0.5, 0.6) is 0 Å². The maximum absolute atomic E-state index is 12.5. The van der Waals surface area contributed by atoms with Crippen LogP contribution in [0.15, 0.2) is 22.6 Å². The predicted molar refractivity (Wildman–Crippen MR) is 93.1 cm³/mol. The van der Waals surface area contributed by atoms with Gasteiger partial charge in [0, 0.05) is 32.2 Å². The third-order valence-corrected chi connectivity index (χ3v) is 5.03. The molecule has 1 atom stereocenters. The highest BCUT2D eigenvalue weighted by Crippen LogP contribution is 2.23. The third kappa shape index (κ3) is 3.24. The number of nitrogens with one attached hydrogen (secondary N) is 1. The third-order valence-electron chi connectivity index (χ3n) is 5.03. The lowest BCUT2D eigenvalue weighted by atomic mass is 10.1. The van der Waals surface area contributed by atoms with Crippen LogP contribution in [-0.4, -0.2) is 53.5 Å². The first-order valence-electron chi connectivity index (χ1n) is 8.83. The molecule has 2 aliphatic rings. The zero-order chi connectivity index (χ0) is 16.5. The normalized spacial score (nSPS) is 21.7. The van der Waals surface area contributed by atoms with Gasteiger partial charge in [-0.05, 0) is 56.5 Å². The van der Waals surface area contributed by atoms with E-state index in [9.17, 15) is 4.79 Å². The van der Waals surface area contributed by atoms with Crippen molar-refractivity contribution < 1.29 is 9.21 Å². The molecule has 2 aliphatic heterocycles. The van der Waals surface area contributed by atoms with Gasteiger partial charge in [-0.2, -0.15) is 0 Å². The van der Waals surface area contributed by atoms with E-state index in [-0.39, 0.29) is 6.03 Å². The Morgan fingerprint density at radius 1 is 1.33 bits per heavy atom. The van der Waals surface area contributed by atoms with Crippen molar-refractivity contribution in [3.05, 3.63) is 24.1 Å². The zero-order valence-corrected chi connectivity index (χ0v) is 14.1. The highest BCUT2D eigenvalue weighted by Gasteiger charge is 2.28. The fourth-order valence-corrected chi connectivity index (χ4v) is 3.82. The minimum atomic E-state index is -0.0153. The van der Waals surface area contributed by atoms with Crippen LogP contribution in [0.3, 0.4) is 0 Å². The van der Waals surface area contributed by atoms with Gasteiger partial charge in [-0.3, -0.25) is 0 Å². The molecule has 2 amide bonds. The van der Waals surface area contributed by atoms with Crippen LogP contribution in [0, 0.1) is 12.8 Å². The van der Waals surface area contributed by atoms with Gasteiger partial charge in [-0.1, -0.05) is 0 Å². The number of carbonyl (C=O) groups excluding carboxylic acids is 1. The summed E-state index contributed by atoms with van der Waals surface area (Å²) in [5, 5.41) is 2.99. The molecule has 0 aliphatic carbocycles. The molecule has 2 aromatic rings. The summed E-state index contributed by atoms with van der Waals surface area (Å²) in [6, 6.07) is 5.56. The summed E-state index contributed by atoms with van der Waals surface area (Å²) in [6.45, 7) is 7.10. The second-order valence-corrected chi connectivity index (χ2v) is 6.95. The molecule has 24 heavy (non-hydrogen) atoms. The molecule has 0 saturated carbocycles. The summed E-state index contributed by atoms with van der Waals surface area (Å²) in [5.41, 5.74) is 2.29. The fraction of sp³-hybridized carbons (Fsp3) is 0.556. The van der Waals surface area contributed by atoms with Crippen LogP contribution in [0.25, 0.3) is 11.1 Å². The Bertz CT molecular complexity index is 736. The Labute approximate surface area is 141 Å². The number of likely N-dealkylation sites (tertiary alicyclic amines) is 2. The van der Waals surface area contributed by atoms with Gasteiger partial charge in [0.05, 0.1) is 0 Å². The van der Waals surface area contributed by atoms with E-state index in [0.717, 1.165) is 42.8 Å². The smallest absolute Gasteiger partial charge is 0.321 e. The second-order valence-electron chi connectivity index (χ2n) is 6.95. The molecule has 0 bridgehead atoms. The molecule has 128 valence electrons. The van der Waals surface area contributed by atoms with Gasteiger partial charge in [-0.25, -0.2) is 9.78 Å². The first-order chi connectivity index (χ1) is 11.7. The van der Waals surface area contributed by atoms with E-state index in [1.807, 2.05) is 30.0 Å². The van der Waals surface area contributed by atoms with Gasteiger partial charge in [0.25, 0.3) is 0 Å². The molecule has 0 spiro atoms. The Balaban J connectivity index is 1.35. The molecular weight excluding hydrogens is 304 g/mol. The van der Waals surface area contributed by atoms with Crippen LogP contribution >= 0.6 is 0 Å². The average molecular weight is 328 g/mol. The minimum Gasteiger partial charge on any atom is -0.441 e. The van der Waals surface area contributed by atoms with Crippen molar-refractivity contribution in [2.45, 2.75) is 26.2 Å². The van der Waals surface area contributed by atoms with E-state index in [1.165, 1.54) is 25.9 Å². The Morgan fingerprint density at radius 2 is 2.17 bits per heavy atom. The largest absolute Gasteiger partial charge is 0.441 e. The van der Waals surface area contributed by atoms with Gasteiger partial charge in [-0.15, -0.1) is 0 Å². The van der Waals surface area contributed by atoms with E-state index in [0.29, 0.717) is 11.8 Å². The first kappa shape index (κ1) is 15.4. The van der Waals surface area contributed by atoms with Crippen molar-refractivity contribution in [3.63, 3.8) is 0 Å². The van der Waals surface area contributed by atoms with Crippen molar-refractivity contribution in [1.82, 2.24) is 14.8 Å². The van der Waals surface area contributed by atoms with E-state index in [2.05, 4.69) is 15.2 Å². The van der Waals surface area contributed by atoms with Crippen LogP contribution in [-0.2, 0) is 0 Å². The summed E-state index contributed by atoms with van der Waals surface area (Å²) in [5.74, 6) is 1.24. The quantitative estimate of drug-likeness (QED) is 0.940. The number of hydrogen-bond donors (Lipinski definition) is 1. The maximum atomic E-state index is 12.5. The number of carbonyl (C=O) groups is 1. The Morgan fingerprint density at radius 3 is 3.00 bits per heavy atom. The Hall–Kier alpha value is -2.08. The molecule has 6 heteroatoms. The molecule has 1 N–H and O–H groups in total. The van der Waals surface area contributed by atoms with Crippen LogP contribution < -0.4 is 5.32 Å². The summed E-state index contributed by atoms with van der Waals surface area (Å²) < 4.78 is 5.47. The molecule has 1 aromatic heterocycles. The summed E-state index contributed by atoms with van der Waals surface area (Å²) >= 11 is 0. The molecule has 2 saturated heterocycles. The fourth-order valence-electron chi connectivity index (χ4n) is 3.82. The standard InChI is InChI=1S/C18H24N4O2/c1-13-19-16-10-15(4-5-17(16)24-13)20-18(23)22-9-6-14(12-22)11-21-7-2-3-8-21/h4-5,10,14H,2-3,6-9,11-12H2,1H3,(H,20,23). The van der Waals surface area contributed by atoms with Crippen molar-refractivity contribution in [2.75, 3.05) is 38.0 Å². The summed E-state index contributed by atoms with van der Waals surface area (Å²) in [7, 11) is 0. The van der Waals surface area contributed by atoms with Crippen molar-refractivity contribution in [3.8, 4) is 0 Å². The highest BCUT2D eigenvalue weighted by atomic mass is 16.3. The zero-order valence-electron chi connectivity index (χ0n) is 14.1. The number of benzene rings is 1. The predicted octanol–water partition coefficient (Wildman–Crippen LogP) is 3.09. The van der Waals surface area contributed by atoms with Crippen molar-refractivity contribution >= 4 is 22.8 Å². The number of fused-ring (bicyclic) bond motifs is 1. The van der Waals surface area contributed by atoms with E-state index < -0.39 is 0 Å². The molecular formula is C18H24N4O2. The topological polar surface area (TPSA) is 61.6 Å².